The van der Waals surface area contributed by atoms with Gasteiger partial charge in [0.2, 0.25) is 11.8 Å². The normalized spacial score (nSPS) is 20.4. The number of benzene rings is 1. The second-order valence-corrected chi connectivity index (χ2v) is 7.98. The molecule has 1 atom stereocenters. The standard InChI is InChI=1S/C21H32N4O2/c1-23(2)11-6-14-25-16-17(15-20(25)26)21(27)22-18-7-9-19(10-8-18)24-12-4-3-5-13-24/h7-10,17H,3-6,11-16H2,1-2H3,(H,22,27). The van der Waals surface area contributed by atoms with Gasteiger partial charge in [0.05, 0.1) is 5.92 Å². The summed E-state index contributed by atoms with van der Waals surface area (Å²) < 4.78 is 0. The minimum atomic E-state index is -0.251. The van der Waals surface area contributed by atoms with Crippen molar-refractivity contribution in [3.05, 3.63) is 24.3 Å². The molecule has 27 heavy (non-hydrogen) atoms. The monoisotopic (exact) mass is 372 g/mol. The van der Waals surface area contributed by atoms with E-state index in [4.69, 9.17) is 0 Å². The Morgan fingerprint density at radius 1 is 1.15 bits per heavy atom. The number of nitrogens with zero attached hydrogens (tertiary/aromatic N) is 3. The van der Waals surface area contributed by atoms with Crippen LogP contribution in [0.2, 0.25) is 0 Å². The number of hydrogen-bond donors (Lipinski definition) is 1. The van der Waals surface area contributed by atoms with E-state index in [0.29, 0.717) is 13.0 Å². The molecule has 0 bridgehead atoms. The fraction of sp³-hybridized carbons (Fsp3) is 0.619. The van der Waals surface area contributed by atoms with E-state index in [9.17, 15) is 9.59 Å². The molecule has 0 saturated carbocycles. The van der Waals surface area contributed by atoms with Crippen molar-refractivity contribution >= 4 is 23.2 Å². The Morgan fingerprint density at radius 3 is 2.52 bits per heavy atom. The Labute approximate surface area is 162 Å². The number of rotatable bonds is 7. The zero-order valence-corrected chi connectivity index (χ0v) is 16.6. The molecule has 1 aromatic carbocycles. The van der Waals surface area contributed by atoms with Crippen LogP contribution in [0.4, 0.5) is 11.4 Å². The Morgan fingerprint density at radius 2 is 1.85 bits per heavy atom. The van der Waals surface area contributed by atoms with Crippen molar-refractivity contribution in [3.8, 4) is 0 Å². The average molecular weight is 373 g/mol. The van der Waals surface area contributed by atoms with Crippen LogP contribution >= 0.6 is 0 Å². The summed E-state index contributed by atoms with van der Waals surface area (Å²) in [5.41, 5.74) is 2.02. The Bertz CT molecular complexity index is 638. The smallest absolute Gasteiger partial charge is 0.229 e. The van der Waals surface area contributed by atoms with E-state index in [1.807, 2.05) is 31.1 Å². The van der Waals surface area contributed by atoms with E-state index < -0.39 is 0 Å². The molecule has 1 N–H and O–H groups in total. The van der Waals surface area contributed by atoms with Gasteiger partial charge in [0.15, 0.2) is 0 Å². The molecule has 2 aliphatic rings. The van der Waals surface area contributed by atoms with E-state index >= 15 is 0 Å². The second-order valence-electron chi connectivity index (χ2n) is 7.98. The van der Waals surface area contributed by atoms with Crippen molar-refractivity contribution in [1.29, 1.82) is 0 Å². The highest BCUT2D eigenvalue weighted by molar-refractivity contribution is 5.97. The number of likely N-dealkylation sites (tertiary alicyclic amines) is 1. The molecule has 0 spiro atoms. The number of nitrogens with one attached hydrogen (secondary N) is 1. The third-order valence-corrected chi connectivity index (χ3v) is 5.47. The van der Waals surface area contributed by atoms with E-state index in [2.05, 4.69) is 27.2 Å². The summed E-state index contributed by atoms with van der Waals surface area (Å²) >= 11 is 0. The Hall–Kier alpha value is -2.08. The lowest BCUT2D eigenvalue weighted by Gasteiger charge is -2.28. The molecule has 2 aliphatic heterocycles. The molecule has 6 nitrogen and oxygen atoms in total. The van der Waals surface area contributed by atoms with Crippen LogP contribution in [0.1, 0.15) is 32.1 Å². The molecule has 2 heterocycles. The summed E-state index contributed by atoms with van der Waals surface area (Å²) in [6, 6.07) is 8.09. The van der Waals surface area contributed by atoms with Crippen LogP contribution in [-0.2, 0) is 9.59 Å². The molecular weight excluding hydrogens is 340 g/mol. The molecule has 1 aromatic rings. The first-order valence-corrected chi connectivity index (χ1v) is 10.1. The number of carbonyl (C=O) groups is 2. The van der Waals surface area contributed by atoms with Gasteiger partial charge in [-0.3, -0.25) is 9.59 Å². The van der Waals surface area contributed by atoms with E-state index in [0.717, 1.165) is 38.3 Å². The van der Waals surface area contributed by atoms with Crippen molar-refractivity contribution in [2.75, 3.05) is 57.0 Å². The van der Waals surface area contributed by atoms with Crippen molar-refractivity contribution < 1.29 is 9.59 Å². The van der Waals surface area contributed by atoms with Crippen LogP contribution in [0.15, 0.2) is 24.3 Å². The van der Waals surface area contributed by atoms with Crippen LogP contribution in [0.25, 0.3) is 0 Å². The molecule has 0 aromatic heterocycles. The number of piperidine rings is 1. The third-order valence-electron chi connectivity index (χ3n) is 5.47. The van der Waals surface area contributed by atoms with Crippen molar-refractivity contribution in [2.24, 2.45) is 5.92 Å². The third kappa shape index (κ3) is 5.45. The minimum absolute atomic E-state index is 0.0517. The van der Waals surface area contributed by atoms with E-state index in [1.165, 1.54) is 24.9 Å². The van der Waals surface area contributed by atoms with Gasteiger partial charge in [-0.25, -0.2) is 0 Å². The average Bonchev–Trinajstić information content (AvgIpc) is 3.04. The highest BCUT2D eigenvalue weighted by Gasteiger charge is 2.33. The maximum Gasteiger partial charge on any atom is 0.229 e. The summed E-state index contributed by atoms with van der Waals surface area (Å²) in [5.74, 6) is -0.211. The lowest BCUT2D eigenvalue weighted by molar-refractivity contribution is -0.128. The lowest BCUT2D eigenvalue weighted by atomic mass is 10.1. The molecule has 0 aliphatic carbocycles. The first-order valence-electron chi connectivity index (χ1n) is 10.1. The van der Waals surface area contributed by atoms with Crippen molar-refractivity contribution in [3.63, 3.8) is 0 Å². The van der Waals surface area contributed by atoms with Gasteiger partial charge in [0.25, 0.3) is 0 Å². The molecule has 2 fully saturated rings. The molecule has 0 radical (unpaired) electrons. The predicted molar refractivity (Wildman–Crippen MR) is 109 cm³/mol. The van der Waals surface area contributed by atoms with Gasteiger partial charge in [-0.1, -0.05) is 0 Å². The number of anilines is 2. The first-order chi connectivity index (χ1) is 13.0. The van der Waals surface area contributed by atoms with Crippen LogP contribution in [0, 0.1) is 5.92 Å². The molecule has 2 amide bonds. The predicted octanol–water partition coefficient (Wildman–Crippen LogP) is 2.42. The fourth-order valence-corrected chi connectivity index (χ4v) is 3.89. The quantitative estimate of drug-likeness (QED) is 0.799. The summed E-state index contributed by atoms with van der Waals surface area (Å²) in [7, 11) is 4.05. The maximum atomic E-state index is 12.6. The zero-order valence-electron chi connectivity index (χ0n) is 16.6. The molecule has 1 unspecified atom stereocenters. The summed E-state index contributed by atoms with van der Waals surface area (Å²) in [6.07, 6.45) is 5.07. The van der Waals surface area contributed by atoms with Crippen molar-refractivity contribution in [1.82, 2.24) is 9.80 Å². The summed E-state index contributed by atoms with van der Waals surface area (Å²) in [5, 5.41) is 2.98. The zero-order chi connectivity index (χ0) is 19.2. The van der Waals surface area contributed by atoms with Crippen LogP contribution < -0.4 is 10.2 Å². The number of amides is 2. The number of hydrogen-bond acceptors (Lipinski definition) is 4. The molecule has 2 saturated heterocycles. The summed E-state index contributed by atoms with van der Waals surface area (Å²) in [4.78, 5) is 31.1. The largest absolute Gasteiger partial charge is 0.372 e. The molecule has 148 valence electrons. The molecule has 6 heteroatoms. The van der Waals surface area contributed by atoms with Crippen LogP contribution in [-0.4, -0.2) is 68.4 Å². The van der Waals surface area contributed by atoms with Gasteiger partial charge >= 0.3 is 0 Å². The fourth-order valence-electron chi connectivity index (χ4n) is 3.89. The summed E-state index contributed by atoms with van der Waals surface area (Å²) in [6.45, 7) is 4.43. The SMILES string of the molecule is CN(C)CCCN1CC(C(=O)Nc2ccc(N3CCCCC3)cc2)CC1=O. The van der Waals surface area contributed by atoms with Gasteiger partial charge in [-0.05, 0) is 70.6 Å². The van der Waals surface area contributed by atoms with Crippen LogP contribution in [0.3, 0.4) is 0 Å². The Balaban J connectivity index is 1.49. The second kappa shape index (κ2) is 9.22. The topological polar surface area (TPSA) is 55.9 Å². The minimum Gasteiger partial charge on any atom is -0.372 e. The van der Waals surface area contributed by atoms with E-state index in [-0.39, 0.29) is 17.7 Å². The van der Waals surface area contributed by atoms with Crippen LogP contribution in [0.5, 0.6) is 0 Å². The highest BCUT2D eigenvalue weighted by Crippen LogP contribution is 2.24. The van der Waals surface area contributed by atoms with Gasteiger partial charge in [-0.2, -0.15) is 0 Å². The number of carbonyl (C=O) groups excluding carboxylic acids is 2. The lowest BCUT2D eigenvalue weighted by Crippen LogP contribution is -2.30. The van der Waals surface area contributed by atoms with Gasteiger partial charge in [-0.15, -0.1) is 0 Å². The molecule has 3 rings (SSSR count). The Kier molecular flexibility index (Phi) is 6.72. The van der Waals surface area contributed by atoms with Gasteiger partial charge in [0.1, 0.15) is 0 Å². The highest BCUT2D eigenvalue weighted by atomic mass is 16.2. The maximum absolute atomic E-state index is 12.6. The molecular formula is C21H32N4O2. The van der Waals surface area contributed by atoms with Gasteiger partial charge in [0, 0.05) is 44.0 Å². The first kappa shape index (κ1) is 19.7. The van der Waals surface area contributed by atoms with Gasteiger partial charge < -0.3 is 20.0 Å². The van der Waals surface area contributed by atoms with Crippen molar-refractivity contribution in [2.45, 2.75) is 32.1 Å². The van der Waals surface area contributed by atoms with E-state index in [1.54, 1.807) is 0 Å².